The van der Waals surface area contributed by atoms with E-state index >= 15 is 0 Å². The molecule has 1 heterocycles. The van der Waals surface area contributed by atoms with E-state index in [1.165, 1.54) is 0 Å². The van der Waals surface area contributed by atoms with E-state index in [0.717, 1.165) is 12.1 Å². The van der Waals surface area contributed by atoms with Crippen molar-refractivity contribution in [3.8, 4) is 5.88 Å². The number of alkyl halides is 4. The first kappa shape index (κ1) is 10.6. The van der Waals surface area contributed by atoms with Crippen molar-refractivity contribution in [1.29, 1.82) is 0 Å². The zero-order chi connectivity index (χ0) is 10.7. The third-order valence-electron chi connectivity index (χ3n) is 1.34. The molecule has 0 amide bonds. The quantitative estimate of drug-likeness (QED) is 0.778. The maximum absolute atomic E-state index is 12.1. The van der Waals surface area contributed by atoms with Crippen molar-refractivity contribution >= 4 is 5.69 Å². The molecule has 0 spiro atoms. The highest BCUT2D eigenvalue weighted by atomic mass is 19.3. The van der Waals surface area contributed by atoms with Crippen LogP contribution in [0.1, 0.15) is 12.1 Å². The molecule has 1 rings (SSSR count). The molecule has 0 atom stereocenters. The lowest BCUT2D eigenvalue weighted by molar-refractivity contribution is -0.0527. The minimum atomic E-state index is -3.14. The predicted molar refractivity (Wildman–Crippen MR) is 40.2 cm³/mol. The van der Waals surface area contributed by atoms with Gasteiger partial charge in [0.1, 0.15) is 5.69 Å². The first-order chi connectivity index (χ1) is 6.50. The van der Waals surface area contributed by atoms with E-state index in [-0.39, 0.29) is 5.69 Å². The molecule has 7 heteroatoms. The number of halogens is 4. The summed E-state index contributed by atoms with van der Waals surface area (Å²) >= 11 is 0. The first-order valence-electron chi connectivity index (χ1n) is 3.50. The van der Waals surface area contributed by atoms with Crippen molar-refractivity contribution < 1.29 is 22.3 Å². The molecule has 0 aliphatic heterocycles. The van der Waals surface area contributed by atoms with Crippen molar-refractivity contribution in [2.75, 3.05) is 5.73 Å². The van der Waals surface area contributed by atoms with Crippen LogP contribution in [-0.2, 0) is 0 Å². The molecule has 0 unspecified atom stereocenters. The molecular formula is C7H6F4N2O. The van der Waals surface area contributed by atoms with Crippen molar-refractivity contribution in [3.05, 3.63) is 17.8 Å². The molecular weight excluding hydrogens is 204 g/mol. The SMILES string of the molecule is Nc1ccc(C(F)F)nc1OC(F)F. The van der Waals surface area contributed by atoms with Crippen LogP contribution in [0.4, 0.5) is 23.2 Å². The Morgan fingerprint density at radius 3 is 2.36 bits per heavy atom. The van der Waals surface area contributed by atoms with E-state index < -0.39 is 24.6 Å². The summed E-state index contributed by atoms with van der Waals surface area (Å²) in [5, 5.41) is 0. The monoisotopic (exact) mass is 210 g/mol. The van der Waals surface area contributed by atoms with E-state index in [1.807, 2.05) is 0 Å². The molecule has 0 aromatic carbocycles. The Morgan fingerprint density at radius 1 is 1.21 bits per heavy atom. The normalized spacial score (nSPS) is 11.0. The minimum Gasteiger partial charge on any atom is -0.415 e. The molecule has 0 saturated heterocycles. The summed E-state index contributed by atoms with van der Waals surface area (Å²) in [6, 6.07) is 1.98. The van der Waals surface area contributed by atoms with Gasteiger partial charge in [0.25, 0.3) is 6.43 Å². The lowest BCUT2D eigenvalue weighted by Crippen LogP contribution is -2.07. The largest absolute Gasteiger partial charge is 0.415 e. The van der Waals surface area contributed by atoms with Crippen LogP contribution in [-0.4, -0.2) is 11.6 Å². The number of nitrogens with zero attached hydrogens (tertiary/aromatic N) is 1. The zero-order valence-electron chi connectivity index (χ0n) is 6.75. The number of anilines is 1. The highest BCUT2D eigenvalue weighted by molar-refractivity contribution is 5.48. The van der Waals surface area contributed by atoms with Crippen LogP contribution in [0, 0.1) is 0 Å². The number of rotatable bonds is 3. The van der Waals surface area contributed by atoms with Gasteiger partial charge in [-0.25, -0.2) is 13.8 Å². The Balaban J connectivity index is 2.96. The van der Waals surface area contributed by atoms with Gasteiger partial charge in [-0.05, 0) is 12.1 Å². The van der Waals surface area contributed by atoms with E-state index in [2.05, 4.69) is 9.72 Å². The van der Waals surface area contributed by atoms with Gasteiger partial charge in [0.15, 0.2) is 0 Å². The smallest absolute Gasteiger partial charge is 0.388 e. The number of nitrogens with two attached hydrogens (primary N) is 1. The standard InChI is InChI=1S/C7H6F4N2O/c8-5(9)4-2-1-3(12)6(13-4)14-7(10)11/h1-2,5,7H,12H2. The van der Waals surface area contributed by atoms with Gasteiger partial charge in [0.2, 0.25) is 5.88 Å². The van der Waals surface area contributed by atoms with Crippen molar-refractivity contribution in [2.45, 2.75) is 13.0 Å². The summed E-state index contributed by atoms with van der Waals surface area (Å²) in [4.78, 5) is 3.13. The van der Waals surface area contributed by atoms with Crippen molar-refractivity contribution in [2.24, 2.45) is 0 Å². The van der Waals surface area contributed by atoms with Gasteiger partial charge < -0.3 is 10.5 Å². The maximum atomic E-state index is 12.1. The molecule has 78 valence electrons. The Morgan fingerprint density at radius 2 is 1.86 bits per heavy atom. The number of hydrogen-bond donors (Lipinski definition) is 1. The highest BCUT2D eigenvalue weighted by Gasteiger charge is 2.14. The molecule has 14 heavy (non-hydrogen) atoms. The Bertz CT molecular complexity index is 319. The summed E-state index contributed by atoms with van der Waals surface area (Å²) in [5.41, 5.74) is 4.30. The summed E-state index contributed by atoms with van der Waals surface area (Å²) in [7, 11) is 0. The molecule has 3 nitrogen and oxygen atoms in total. The van der Waals surface area contributed by atoms with Crippen LogP contribution in [0.5, 0.6) is 5.88 Å². The fourth-order valence-electron chi connectivity index (χ4n) is 0.766. The Kier molecular flexibility index (Phi) is 3.10. The van der Waals surface area contributed by atoms with Crippen LogP contribution in [0.3, 0.4) is 0 Å². The summed E-state index contributed by atoms with van der Waals surface area (Å²) in [6.45, 7) is -3.14. The van der Waals surface area contributed by atoms with Crippen LogP contribution in [0.15, 0.2) is 12.1 Å². The minimum absolute atomic E-state index is 0.213. The molecule has 1 aromatic heterocycles. The number of aromatic nitrogens is 1. The molecule has 1 aromatic rings. The zero-order valence-corrected chi connectivity index (χ0v) is 6.75. The van der Waals surface area contributed by atoms with Gasteiger partial charge in [-0.2, -0.15) is 8.78 Å². The Hall–Kier alpha value is -1.53. The van der Waals surface area contributed by atoms with Crippen molar-refractivity contribution in [3.63, 3.8) is 0 Å². The molecule has 0 radical (unpaired) electrons. The number of nitrogen functional groups attached to an aromatic ring is 1. The van der Waals surface area contributed by atoms with Crippen LogP contribution >= 0.6 is 0 Å². The Labute approximate surface area is 76.5 Å². The van der Waals surface area contributed by atoms with Gasteiger partial charge in [0, 0.05) is 0 Å². The predicted octanol–water partition coefficient (Wildman–Crippen LogP) is 2.20. The topological polar surface area (TPSA) is 48.1 Å². The molecule has 2 N–H and O–H groups in total. The van der Waals surface area contributed by atoms with Gasteiger partial charge in [-0.3, -0.25) is 0 Å². The van der Waals surface area contributed by atoms with Gasteiger partial charge in [-0.15, -0.1) is 0 Å². The van der Waals surface area contributed by atoms with Crippen LogP contribution in [0.2, 0.25) is 0 Å². The van der Waals surface area contributed by atoms with E-state index in [1.54, 1.807) is 0 Å². The molecule has 0 bridgehead atoms. The fraction of sp³-hybridized carbons (Fsp3) is 0.286. The highest BCUT2D eigenvalue weighted by Crippen LogP contribution is 2.25. The van der Waals surface area contributed by atoms with Gasteiger partial charge in [-0.1, -0.05) is 0 Å². The second-order valence-electron chi connectivity index (χ2n) is 2.31. The van der Waals surface area contributed by atoms with E-state index in [0.29, 0.717) is 0 Å². The summed E-state index contributed by atoms with van der Waals surface area (Å²) in [5.74, 6) is -0.683. The number of ether oxygens (including phenoxy) is 1. The molecule has 0 saturated carbocycles. The van der Waals surface area contributed by atoms with Crippen LogP contribution in [0.25, 0.3) is 0 Å². The number of pyridine rings is 1. The van der Waals surface area contributed by atoms with E-state index in [9.17, 15) is 17.6 Å². The first-order valence-corrected chi connectivity index (χ1v) is 3.50. The molecule has 0 aliphatic carbocycles. The third-order valence-corrected chi connectivity index (χ3v) is 1.34. The number of hydrogen-bond acceptors (Lipinski definition) is 3. The lowest BCUT2D eigenvalue weighted by atomic mass is 10.3. The lowest BCUT2D eigenvalue weighted by Gasteiger charge is -2.07. The fourth-order valence-corrected chi connectivity index (χ4v) is 0.766. The van der Waals surface area contributed by atoms with Crippen LogP contribution < -0.4 is 10.5 Å². The van der Waals surface area contributed by atoms with Gasteiger partial charge in [0.05, 0.1) is 5.69 Å². The van der Waals surface area contributed by atoms with Crippen molar-refractivity contribution in [1.82, 2.24) is 4.98 Å². The van der Waals surface area contributed by atoms with E-state index in [4.69, 9.17) is 5.73 Å². The summed E-state index contributed by atoms with van der Waals surface area (Å²) < 4.78 is 51.4. The second kappa shape index (κ2) is 4.12. The maximum Gasteiger partial charge on any atom is 0.388 e. The molecule has 0 fully saturated rings. The second-order valence-corrected chi connectivity index (χ2v) is 2.31. The molecule has 0 aliphatic rings. The average Bonchev–Trinajstić information content (AvgIpc) is 2.07. The average molecular weight is 210 g/mol. The van der Waals surface area contributed by atoms with Gasteiger partial charge >= 0.3 is 6.61 Å². The summed E-state index contributed by atoms with van der Waals surface area (Å²) in [6.07, 6.45) is -2.85. The third kappa shape index (κ3) is 2.48.